The fourth-order valence-corrected chi connectivity index (χ4v) is 7.32. The van der Waals surface area contributed by atoms with Crippen LogP contribution in [0.25, 0.3) is 83.4 Å². The number of aromatic nitrogens is 5. The van der Waals surface area contributed by atoms with Crippen molar-refractivity contribution in [1.82, 2.24) is 23.9 Å². The molecule has 0 amide bonds. The van der Waals surface area contributed by atoms with Crippen LogP contribution in [0.2, 0.25) is 0 Å². The predicted molar refractivity (Wildman–Crippen MR) is 201 cm³/mol. The zero-order valence-electron chi connectivity index (χ0n) is 26.5. The molecule has 5 nitrogen and oxygen atoms in total. The molecule has 0 saturated heterocycles. The summed E-state index contributed by atoms with van der Waals surface area (Å²) in [5.41, 5.74) is 9.89. The van der Waals surface area contributed by atoms with Crippen molar-refractivity contribution in [3.05, 3.63) is 176 Å². The van der Waals surface area contributed by atoms with E-state index in [2.05, 4.69) is 149 Å². The highest BCUT2D eigenvalue weighted by atomic mass is 15.4. The average Bonchev–Trinajstić information content (AvgIpc) is 3.86. The molecular formula is C44H29N5. The first-order valence-electron chi connectivity index (χ1n) is 16.5. The van der Waals surface area contributed by atoms with E-state index in [-0.39, 0.29) is 0 Å². The van der Waals surface area contributed by atoms with Crippen LogP contribution in [-0.2, 0) is 0 Å². The Hall–Kier alpha value is -6.72. The van der Waals surface area contributed by atoms with E-state index < -0.39 is 0 Å². The van der Waals surface area contributed by atoms with E-state index >= 15 is 0 Å². The van der Waals surface area contributed by atoms with E-state index in [0.717, 1.165) is 45.0 Å². The molecule has 3 heterocycles. The van der Waals surface area contributed by atoms with Gasteiger partial charge in [-0.3, -0.25) is 0 Å². The highest BCUT2D eigenvalue weighted by Gasteiger charge is 2.19. The molecule has 10 aromatic rings. The normalized spacial score (nSPS) is 11.7. The first-order chi connectivity index (χ1) is 24.3. The molecule has 5 heteroatoms. The number of benzene rings is 7. The standard InChI is InChI=1S/C44H29N5/c1-3-14-30(15-4-1)43-45-44(49(46-43)32-16-5-2-6-17-32)31-26-27-42-38(28-31)37-22-9-12-25-41(37)48(42)34-19-13-18-33(29-34)47-39-23-10-7-20-35(39)36-21-8-11-24-40(36)47/h1-29H. The molecule has 10 rings (SSSR count). The molecule has 7 aromatic carbocycles. The monoisotopic (exact) mass is 627 g/mol. The Bertz CT molecular complexity index is 2770. The van der Waals surface area contributed by atoms with Crippen molar-refractivity contribution in [2.75, 3.05) is 0 Å². The van der Waals surface area contributed by atoms with Crippen molar-refractivity contribution < 1.29 is 0 Å². The number of hydrogen-bond donors (Lipinski definition) is 0. The fourth-order valence-electron chi connectivity index (χ4n) is 7.32. The van der Waals surface area contributed by atoms with Crippen LogP contribution in [0.1, 0.15) is 0 Å². The number of para-hydroxylation sites is 4. The Morgan fingerprint density at radius 3 is 1.45 bits per heavy atom. The third-order valence-electron chi connectivity index (χ3n) is 9.50. The summed E-state index contributed by atoms with van der Waals surface area (Å²) in [4.78, 5) is 5.11. The van der Waals surface area contributed by atoms with Crippen molar-refractivity contribution in [2.24, 2.45) is 0 Å². The molecule has 0 atom stereocenters. The molecule has 0 fully saturated rings. The lowest BCUT2D eigenvalue weighted by Crippen LogP contribution is -2.00. The quantitative estimate of drug-likeness (QED) is 0.190. The van der Waals surface area contributed by atoms with Gasteiger partial charge in [-0.15, -0.1) is 5.10 Å². The molecule has 230 valence electrons. The van der Waals surface area contributed by atoms with Crippen LogP contribution in [0, 0.1) is 0 Å². The van der Waals surface area contributed by atoms with Gasteiger partial charge in [-0.2, -0.15) is 0 Å². The van der Waals surface area contributed by atoms with Gasteiger partial charge in [0.2, 0.25) is 0 Å². The van der Waals surface area contributed by atoms with Crippen molar-refractivity contribution >= 4 is 43.6 Å². The Morgan fingerprint density at radius 2 is 0.837 bits per heavy atom. The van der Waals surface area contributed by atoms with Gasteiger partial charge in [-0.25, -0.2) is 9.67 Å². The van der Waals surface area contributed by atoms with Crippen molar-refractivity contribution in [1.29, 1.82) is 0 Å². The van der Waals surface area contributed by atoms with Crippen LogP contribution in [0.4, 0.5) is 0 Å². The van der Waals surface area contributed by atoms with Gasteiger partial charge in [-0.1, -0.05) is 109 Å². The number of hydrogen-bond acceptors (Lipinski definition) is 2. The maximum absolute atomic E-state index is 5.11. The molecule has 0 N–H and O–H groups in total. The van der Waals surface area contributed by atoms with Crippen molar-refractivity contribution in [2.45, 2.75) is 0 Å². The lowest BCUT2D eigenvalue weighted by Gasteiger charge is -2.13. The Morgan fingerprint density at radius 1 is 0.347 bits per heavy atom. The lowest BCUT2D eigenvalue weighted by molar-refractivity contribution is 0.891. The Labute approximate surface area is 282 Å². The molecular weight excluding hydrogens is 599 g/mol. The lowest BCUT2D eigenvalue weighted by atomic mass is 10.1. The Balaban J connectivity index is 1.17. The third-order valence-corrected chi connectivity index (χ3v) is 9.50. The van der Waals surface area contributed by atoms with Crippen LogP contribution in [0.3, 0.4) is 0 Å². The second-order valence-corrected chi connectivity index (χ2v) is 12.3. The third kappa shape index (κ3) is 4.33. The second kappa shape index (κ2) is 10.9. The van der Waals surface area contributed by atoms with Gasteiger partial charge in [0.05, 0.1) is 27.8 Å². The summed E-state index contributed by atoms with van der Waals surface area (Å²) in [5, 5.41) is 9.87. The second-order valence-electron chi connectivity index (χ2n) is 12.3. The highest BCUT2D eigenvalue weighted by molar-refractivity contribution is 6.11. The summed E-state index contributed by atoms with van der Waals surface area (Å²) in [6, 6.07) is 61.9. The van der Waals surface area contributed by atoms with Crippen LogP contribution in [-0.4, -0.2) is 23.9 Å². The molecule has 0 aliphatic rings. The maximum atomic E-state index is 5.11. The summed E-state index contributed by atoms with van der Waals surface area (Å²) in [6.45, 7) is 0. The molecule has 0 radical (unpaired) electrons. The largest absolute Gasteiger partial charge is 0.309 e. The number of nitrogens with zero attached hydrogens (tertiary/aromatic N) is 5. The van der Waals surface area contributed by atoms with Gasteiger partial charge in [0.25, 0.3) is 0 Å². The fraction of sp³-hybridized carbons (Fsp3) is 0. The molecule has 49 heavy (non-hydrogen) atoms. The zero-order chi connectivity index (χ0) is 32.3. The minimum atomic E-state index is 0.698. The molecule has 0 saturated carbocycles. The van der Waals surface area contributed by atoms with Crippen LogP contribution in [0.5, 0.6) is 0 Å². The van der Waals surface area contributed by atoms with Gasteiger partial charge >= 0.3 is 0 Å². The molecule has 0 unspecified atom stereocenters. The summed E-state index contributed by atoms with van der Waals surface area (Å²) >= 11 is 0. The van der Waals surface area contributed by atoms with E-state index in [1.807, 2.05) is 41.1 Å². The summed E-state index contributed by atoms with van der Waals surface area (Å²) in [6.07, 6.45) is 0. The molecule has 3 aromatic heterocycles. The minimum absolute atomic E-state index is 0.698. The first-order valence-corrected chi connectivity index (χ1v) is 16.5. The van der Waals surface area contributed by atoms with Gasteiger partial charge in [-0.05, 0) is 66.7 Å². The highest BCUT2D eigenvalue weighted by Crippen LogP contribution is 2.37. The minimum Gasteiger partial charge on any atom is -0.309 e. The van der Waals surface area contributed by atoms with Crippen LogP contribution in [0.15, 0.2) is 176 Å². The zero-order valence-corrected chi connectivity index (χ0v) is 26.5. The average molecular weight is 628 g/mol. The van der Waals surface area contributed by atoms with Gasteiger partial charge in [0.1, 0.15) is 0 Å². The Kier molecular flexibility index (Phi) is 6.11. The topological polar surface area (TPSA) is 40.6 Å². The predicted octanol–water partition coefficient (Wildman–Crippen LogP) is 10.8. The molecule has 0 spiro atoms. The summed E-state index contributed by atoms with van der Waals surface area (Å²) in [7, 11) is 0. The van der Waals surface area contributed by atoms with E-state index in [1.54, 1.807) is 0 Å². The van der Waals surface area contributed by atoms with Crippen molar-refractivity contribution in [3.63, 3.8) is 0 Å². The van der Waals surface area contributed by atoms with Crippen LogP contribution < -0.4 is 0 Å². The number of rotatable bonds is 5. The van der Waals surface area contributed by atoms with E-state index in [0.29, 0.717) is 5.82 Å². The van der Waals surface area contributed by atoms with Crippen LogP contribution >= 0.6 is 0 Å². The molecule has 0 aliphatic heterocycles. The van der Waals surface area contributed by atoms with E-state index in [1.165, 1.54) is 32.6 Å². The molecule has 0 aliphatic carbocycles. The first kappa shape index (κ1) is 27.4. The summed E-state index contributed by atoms with van der Waals surface area (Å²) in [5.74, 6) is 1.50. The number of fused-ring (bicyclic) bond motifs is 6. The molecule has 0 bridgehead atoms. The van der Waals surface area contributed by atoms with E-state index in [4.69, 9.17) is 10.1 Å². The van der Waals surface area contributed by atoms with Gasteiger partial charge < -0.3 is 9.13 Å². The summed E-state index contributed by atoms with van der Waals surface area (Å²) < 4.78 is 6.71. The van der Waals surface area contributed by atoms with Crippen molar-refractivity contribution in [3.8, 4) is 39.8 Å². The smallest absolute Gasteiger partial charge is 0.182 e. The van der Waals surface area contributed by atoms with Gasteiger partial charge in [0, 0.05) is 44.0 Å². The SMILES string of the molecule is c1ccc(-c2nc(-c3ccc4c(c3)c3ccccc3n4-c3cccc(-n4c5ccccc5c5ccccc54)c3)n(-c3ccccc3)n2)cc1. The van der Waals surface area contributed by atoms with E-state index in [9.17, 15) is 0 Å². The van der Waals surface area contributed by atoms with Gasteiger partial charge in [0.15, 0.2) is 11.6 Å². The maximum Gasteiger partial charge on any atom is 0.182 e.